The highest BCUT2D eigenvalue weighted by molar-refractivity contribution is 5.85. The number of rotatable bonds is 6. The Balaban J connectivity index is 0.00000400. The number of esters is 1. The zero-order valence-electron chi connectivity index (χ0n) is 11.9. The molecule has 0 amide bonds. The molecule has 0 saturated heterocycles. The van der Waals surface area contributed by atoms with Gasteiger partial charge in [0.05, 0.1) is 20.8 Å². The van der Waals surface area contributed by atoms with Gasteiger partial charge < -0.3 is 19.9 Å². The quantitative estimate of drug-likeness (QED) is 0.813. The molecule has 0 fully saturated rings. The van der Waals surface area contributed by atoms with E-state index in [2.05, 4.69) is 4.74 Å². The number of carbonyl (C=O) groups is 1. The highest BCUT2D eigenvalue weighted by Gasteiger charge is 2.49. The first-order valence-corrected chi connectivity index (χ1v) is 5.91. The van der Waals surface area contributed by atoms with Crippen LogP contribution >= 0.6 is 12.4 Å². The van der Waals surface area contributed by atoms with Gasteiger partial charge in [0, 0.05) is 5.56 Å². The van der Waals surface area contributed by atoms with Crippen molar-refractivity contribution in [1.82, 2.24) is 0 Å². The van der Waals surface area contributed by atoms with Crippen LogP contribution in [-0.4, -0.2) is 32.7 Å². The first-order chi connectivity index (χ1) is 9.39. The number of alkyl halides is 2. The summed E-state index contributed by atoms with van der Waals surface area (Å²) in [5.41, 5.74) is 5.48. The maximum Gasteiger partial charge on any atom is 0.379 e. The van der Waals surface area contributed by atoms with E-state index >= 15 is 0 Å². The van der Waals surface area contributed by atoms with Crippen LogP contribution in [0.25, 0.3) is 0 Å². The molecule has 0 saturated carbocycles. The van der Waals surface area contributed by atoms with Gasteiger partial charge in [-0.2, -0.15) is 8.78 Å². The van der Waals surface area contributed by atoms with E-state index in [1.165, 1.54) is 39.3 Å². The highest BCUT2D eigenvalue weighted by atomic mass is 35.5. The van der Waals surface area contributed by atoms with E-state index in [1.807, 2.05) is 0 Å². The first-order valence-electron chi connectivity index (χ1n) is 5.91. The summed E-state index contributed by atoms with van der Waals surface area (Å²) in [6, 6.07) is 2.47. The molecule has 21 heavy (non-hydrogen) atoms. The molecule has 0 aliphatic rings. The van der Waals surface area contributed by atoms with Crippen LogP contribution in [0, 0.1) is 0 Å². The third-order valence-corrected chi connectivity index (χ3v) is 2.71. The lowest BCUT2D eigenvalue weighted by Gasteiger charge is -2.24. The van der Waals surface area contributed by atoms with E-state index in [4.69, 9.17) is 15.2 Å². The maximum atomic E-state index is 13.9. The SMILES string of the molecule is CCOC(=O)C(F)(F)[C@H](N)c1cccc(OC)c1OC.Cl. The van der Waals surface area contributed by atoms with Gasteiger partial charge >= 0.3 is 11.9 Å². The lowest BCUT2D eigenvalue weighted by atomic mass is 10.00. The molecule has 1 atom stereocenters. The predicted molar refractivity (Wildman–Crippen MR) is 75.3 cm³/mol. The Hall–Kier alpha value is -1.60. The number of ether oxygens (including phenoxy) is 3. The maximum absolute atomic E-state index is 13.9. The highest BCUT2D eigenvalue weighted by Crippen LogP contribution is 2.39. The van der Waals surface area contributed by atoms with Crippen LogP contribution in [0.2, 0.25) is 0 Å². The van der Waals surface area contributed by atoms with Crippen molar-refractivity contribution in [3.63, 3.8) is 0 Å². The van der Waals surface area contributed by atoms with Gasteiger partial charge in [-0.05, 0) is 13.0 Å². The van der Waals surface area contributed by atoms with Crippen molar-refractivity contribution in [2.24, 2.45) is 5.73 Å². The molecule has 0 unspecified atom stereocenters. The summed E-state index contributed by atoms with van der Waals surface area (Å²) in [7, 11) is 2.67. The van der Waals surface area contributed by atoms with Crippen LogP contribution in [0.15, 0.2) is 18.2 Å². The first kappa shape index (κ1) is 19.4. The lowest BCUT2D eigenvalue weighted by molar-refractivity contribution is -0.174. The number of hydrogen-bond donors (Lipinski definition) is 1. The normalized spacial score (nSPS) is 12.1. The van der Waals surface area contributed by atoms with E-state index in [-0.39, 0.29) is 36.1 Å². The molecule has 0 spiro atoms. The van der Waals surface area contributed by atoms with Crippen molar-refractivity contribution in [1.29, 1.82) is 0 Å². The predicted octanol–water partition coefficient (Wildman–Crippen LogP) is 2.32. The van der Waals surface area contributed by atoms with Crippen LogP contribution in [0.1, 0.15) is 18.5 Å². The molecular weight excluding hydrogens is 308 g/mol. The molecule has 2 N–H and O–H groups in total. The zero-order valence-corrected chi connectivity index (χ0v) is 12.7. The summed E-state index contributed by atoms with van der Waals surface area (Å²) in [4.78, 5) is 11.3. The summed E-state index contributed by atoms with van der Waals surface area (Å²) in [5, 5.41) is 0. The summed E-state index contributed by atoms with van der Waals surface area (Å²) >= 11 is 0. The van der Waals surface area contributed by atoms with E-state index in [0.29, 0.717) is 0 Å². The number of para-hydroxylation sites is 1. The van der Waals surface area contributed by atoms with E-state index in [0.717, 1.165) is 0 Å². The fraction of sp³-hybridized carbons (Fsp3) is 0.462. The second kappa shape index (κ2) is 7.99. The Morgan fingerprint density at radius 2 is 1.95 bits per heavy atom. The molecule has 0 aliphatic carbocycles. The number of halogens is 3. The van der Waals surface area contributed by atoms with Crippen molar-refractivity contribution in [3.8, 4) is 11.5 Å². The molecule has 0 aliphatic heterocycles. The van der Waals surface area contributed by atoms with Crippen molar-refractivity contribution in [2.75, 3.05) is 20.8 Å². The molecule has 1 aromatic rings. The van der Waals surface area contributed by atoms with Crippen LogP contribution in [-0.2, 0) is 9.53 Å². The minimum atomic E-state index is -3.87. The van der Waals surface area contributed by atoms with Crippen molar-refractivity contribution >= 4 is 18.4 Å². The van der Waals surface area contributed by atoms with Gasteiger partial charge in [-0.1, -0.05) is 12.1 Å². The van der Waals surface area contributed by atoms with E-state index in [1.54, 1.807) is 0 Å². The molecule has 1 rings (SSSR count). The third kappa shape index (κ3) is 3.95. The number of hydrogen-bond acceptors (Lipinski definition) is 5. The minimum Gasteiger partial charge on any atom is -0.493 e. The summed E-state index contributed by atoms with van der Waals surface area (Å²) in [6.07, 6.45) is 0. The van der Waals surface area contributed by atoms with Crippen LogP contribution in [0.5, 0.6) is 11.5 Å². The number of benzene rings is 1. The van der Waals surface area contributed by atoms with Gasteiger partial charge in [-0.3, -0.25) is 0 Å². The van der Waals surface area contributed by atoms with Crippen molar-refractivity contribution in [2.45, 2.75) is 18.9 Å². The third-order valence-electron chi connectivity index (χ3n) is 2.71. The smallest absolute Gasteiger partial charge is 0.379 e. The molecule has 0 bridgehead atoms. The molecule has 0 heterocycles. The average Bonchev–Trinajstić information content (AvgIpc) is 2.45. The van der Waals surface area contributed by atoms with Gasteiger partial charge in [0.2, 0.25) is 0 Å². The lowest BCUT2D eigenvalue weighted by Crippen LogP contribution is -2.41. The van der Waals surface area contributed by atoms with Crippen LogP contribution in [0.3, 0.4) is 0 Å². The standard InChI is InChI=1S/C13H17F2NO4.ClH/c1-4-20-12(17)13(14,15)11(16)8-6-5-7-9(18-2)10(8)19-3;/h5-7,11H,4,16H2,1-3H3;1H/t11-;/m1./s1. The largest absolute Gasteiger partial charge is 0.493 e. The van der Waals surface area contributed by atoms with E-state index < -0.39 is 17.9 Å². The second-order valence-corrected chi connectivity index (χ2v) is 3.90. The van der Waals surface area contributed by atoms with Gasteiger partial charge in [-0.25, -0.2) is 4.79 Å². The van der Waals surface area contributed by atoms with Gasteiger partial charge in [-0.15, -0.1) is 12.4 Å². The molecule has 0 aromatic heterocycles. The number of carbonyl (C=O) groups excluding carboxylic acids is 1. The fourth-order valence-electron chi connectivity index (χ4n) is 1.71. The van der Waals surface area contributed by atoms with Crippen LogP contribution < -0.4 is 15.2 Å². The molecule has 8 heteroatoms. The van der Waals surface area contributed by atoms with Crippen molar-refractivity contribution in [3.05, 3.63) is 23.8 Å². The summed E-state index contributed by atoms with van der Waals surface area (Å²) in [6.45, 7) is 1.28. The summed E-state index contributed by atoms with van der Waals surface area (Å²) < 4.78 is 42.3. The second-order valence-electron chi connectivity index (χ2n) is 3.90. The minimum absolute atomic E-state index is 0. The Labute approximate surface area is 127 Å². The molecule has 120 valence electrons. The Morgan fingerprint density at radius 1 is 1.33 bits per heavy atom. The fourth-order valence-corrected chi connectivity index (χ4v) is 1.71. The molecular formula is C13H18ClF2NO4. The van der Waals surface area contributed by atoms with Crippen molar-refractivity contribution < 1.29 is 27.8 Å². The van der Waals surface area contributed by atoms with E-state index in [9.17, 15) is 13.6 Å². The molecule has 1 aromatic carbocycles. The monoisotopic (exact) mass is 325 g/mol. The molecule has 5 nitrogen and oxygen atoms in total. The van der Waals surface area contributed by atoms with Gasteiger partial charge in [0.15, 0.2) is 11.5 Å². The Morgan fingerprint density at radius 3 is 2.43 bits per heavy atom. The topological polar surface area (TPSA) is 70.8 Å². The van der Waals surface area contributed by atoms with Crippen LogP contribution in [0.4, 0.5) is 8.78 Å². The number of nitrogens with two attached hydrogens (primary N) is 1. The van der Waals surface area contributed by atoms with Gasteiger partial charge in [0.25, 0.3) is 0 Å². The zero-order chi connectivity index (χ0) is 15.3. The Kier molecular flexibility index (Phi) is 7.38. The number of methoxy groups -OCH3 is 2. The average molecular weight is 326 g/mol. The Bertz CT molecular complexity index is 485. The van der Waals surface area contributed by atoms with Gasteiger partial charge in [0.1, 0.15) is 6.04 Å². The summed E-state index contributed by atoms with van der Waals surface area (Å²) in [5.74, 6) is -5.22. The molecule has 0 radical (unpaired) electrons.